The van der Waals surface area contributed by atoms with Crippen molar-refractivity contribution in [3.05, 3.63) is 76.4 Å². The maximum absolute atomic E-state index is 13.2. The molecule has 2 aromatic carbocycles. The molecule has 128 valence electrons. The van der Waals surface area contributed by atoms with E-state index in [1.165, 1.54) is 6.07 Å². The second-order valence-corrected chi connectivity index (χ2v) is 6.39. The molecule has 0 saturated heterocycles. The zero-order valence-corrected chi connectivity index (χ0v) is 14.9. The van der Waals surface area contributed by atoms with Crippen molar-refractivity contribution in [3.8, 4) is 11.3 Å². The number of hydrogen-bond acceptors (Lipinski definition) is 3. The van der Waals surface area contributed by atoms with Gasteiger partial charge in [0.1, 0.15) is 5.69 Å². The molecule has 0 aliphatic heterocycles. The normalized spacial score (nSPS) is 10.9. The summed E-state index contributed by atoms with van der Waals surface area (Å²) in [6.45, 7) is 0.566. The van der Waals surface area contributed by atoms with Gasteiger partial charge in [-0.1, -0.05) is 58.4 Å². The fourth-order valence-corrected chi connectivity index (χ4v) is 2.65. The zero-order valence-electron chi connectivity index (χ0n) is 13.3. The van der Waals surface area contributed by atoms with Crippen LogP contribution in [0.3, 0.4) is 0 Å². The Bertz CT molecular complexity index is 824. The topological polar surface area (TPSA) is 37.8 Å². The van der Waals surface area contributed by atoms with Crippen LogP contribution in [0.4, 0.5) is 14.7 Å². The van der Waals surface area contributed by atoms with Crippen LogP contribution in [0.2, 0.25) is 0 Å². The number of aromatic nitrogens is 2. The summed E-state index contributed by atoms with van der Waals surface area (Å²) >= 11 is 3.36. The molecule has 3 nitrogen and oxygen atoms in total. The number of alkyl halides is 2. The van der Waals surface area contributed by atoms with E-state index >= 15 is 0 Å². The van der Waals surface area contributed by atoms with Crippen LogP contribution < -0.4 is 5.32 Å². The van der Waals surface area contributed by atoms with Gasteiger partial charge < -0.3 is 5.32 Å². The maximum atomic E-state index is 13.2. The number of anilines is 1. The summed E-state index contributed by atoms with van der Waals surface area (Å²) in [5, 5.41) is 3.05. The van der Waals surface area contributed by atoms with Crippen LogP contribution in [0.25, 0.3) is 11.3 Å². The van der Waals surface area contributed by atoms with Gasteiger partial charge in [-0.25, -0.2) is 18.7 Å². The lowest BCUT2D eigenvalue weighted by molar-refractivity contribution is 0.146. The van der Waals surface area contributed by atoms with E-state index in [0.29, 0.717) is 12.2 Å². The molecule has 25 heavy (non-hydrogen) atoms. The summed E-state index contributed by atoms with van der Waals surface area (Å²) in [5.41, 5.74) is 2.11. The lowest BCUT2D eigenvalue weighted by Gasteiger charge is -2.10. The molecule has 0 aliphatic rings. The second kappa shape index (κ2) is 8.16. The Balaban J connectivity index is 1.79. The Labute approximate surface area is 153 Å². The molecule has 0 amide bonds. The smallest absolute Gasteiger partial charge is 0.280 e. The molecule has 1 N–H and O–H groups in total. The highest BCUT2D eigenvalue weighted by molar-refractivity contribution is 9.10. The second-order valence-electron chi connectivity index (χ2n) is 5.47. The number of halogens is 3. The first-order chi connectivity index (χ1) is 12.1. The number of nitrogens with zero attached hydrogens (tertiary/aromatic N) is 2. The molecular weight excluding hydrogens is 388 g/mol. The van der Waals surface area contributed by atoms with Crippen molar-refractivity contribution in [1.29, 1.82) is 0 Å². The molecule has 3 rings (SSSR count). The van der Waals surface area contributed by atoms with Gasteiger partial charge in [0.15, 0.2) is 0 Å². The first kappa shape index (κ1) is 17.5. The van der Waals surface area contributed by atoms with E-state index in [0.717, 1.165) is 22.0 Å². The molecule has 1 aromatic heterocycles. The summed E-state index contributed by atoms with van der Waals surface area (Å²) in [6, 6.07) is 18.6. The van der Waals surface area contributed by atoms with Crippen molar-refractivity contribution >= 4 is 21.9 Å². The quantitative estimate of drug-likeness (QED) is 0.590. The van der Waals surface area contributed by atoms with Crippen LogP contribution in [0.15, 0.2) is 65.1 Å². The standard InChI is InChI=1S/C19H16BrF2N3/c20-15-8-6-14(7-9-15)16-12-17(18(21)22)25-19(24-16)23-11-10-13-4-2-1-3-5-13/h1-9,12,18H,10-11H2,(H,23,24,25). The molecule has 0 saturated carbocycles. The van der Waals surface area contributed by atoms with Crippen molar-refractivity contribution < 1.29 is 8.78 Å². The molecule has 6 heteroatoms. The minimum atomic E-state index is -2.65. The van der Waals surface area contributed by atoms with Crippen LogP contribution >= 0.6 is 15.9 Å². The van der Waals surface area contributed by atoms with Gasteiger partial charge in [0.25, 0.3) is 6.43 Å². The first-order valence-corrected chi connectivity index (χ1v) is 8.62. The fraction of sp³-hybridized carbons (Fsp3) is 0.158. The third kappa shape index (κ3) is 4.82. The average molecular weight is 404 g/mol. The van der Waals surface area contributed by atoms with Crippen molar-refractivity contribution in [2.45, 2.75) is 12.8 Å². The average Bonchev–Trinajstić information content (AvgIpc) is 2.63. The Morgan fingerprint density at radius 1 is 0.960 bits per heavy atom. The number of benzene rings is 2. The van der Waals surface area contributed by atoms with Crippen molar-refractivity contribution in [2.75, 3.05) is 11.9 Å². The number of rotatable bonds is 6. The molecule has 0 fully saturated rings. The summed E-state index contributed by atoms with van der Waals surface area (Å²) in [7, 11) is 0. The van der Waals surface area contributed by atoms with Gasteiger partial charge >= 0.3 is 0 Å². The van der Waals surface area contributed by atoms with E-state index in [1.54, 1.807) is 0 Å². The first-order valence-electron chi connectivity index (χ1n) is 7.83. The minimum absolute atomic E-state index is 0.214. The molecule has 0 spiro atoms. The van der Waals surface area contributed by atoms with Crippen LogP contribution in [0.1, 0.15) is 17.7 Å². The van der Waals surface area contributed by atoms with Gasteiger partial charge in [-0.05, 0) is 30.2 Å². The Morgan fingerprint density at radius 2 is 1.68 bits per heavy atom. The van der Waals surface area contributed by atoms with Gasteiger partial charge in [0.05, 0.1) is 5.69 Å². The molecule has 3 aromatic rings. The van der Waals surface area contributed by atoms with Crippen LogP contribution in [-0.4, -0.2) is 16.5 Å². The van der Waals surface area contributed by atoms with Crippen LogP contribution in [0, 0.1) is 0 Å². The third-order valence-electron chi connectivity index (χ3n) is 3.65. The molecular formula is C19H16BrF2N3. The number of hydrogen-bond donors (Lipinski definition) is 1. The molecule has 0 bridgehead atoms. The van der Waals surface area contributed by atoms with E-state index in [4.69, 9.17) is 0 Å². The van der Waals surface area contributed by atoms with Crippen LogP contribution in [0.5, 0.6) is 0 Å². The molecule has 0 atom stereocenters. The fourth-order valence-electron chi connectivity index (χ4n) is 2.39. The minimum Gasteiger partial charge on any atom is -0.354 e. The predicted molar refractivity (Wildman–Crippen MR) is 98.8 cm³/mol. The van der Waals surface area contributed by atoms with Gasteiger partial charge in [0.2, 0.25) is 5.95 Å². The van der Waals surface area contributed by atoms with E-state index in [1.807, 2.05) is 54.6 Å². The number of nitrogens with one attached hydrogen (secondary N) is 1. The van der Waals surface area contributed by atoms with Crippen molar-refractivity contribution in [3.63, 3.8) is 0 Å². The van der Waals surface area contributed by atoms with E-state index in [-0.39, 0.29) is 11.6 Å². The molecule has 1 heterocycles. The maximum Gasteiger partial charge on any atom is 0.280 e. The van der Waals surface area contributed by atoms with Crippen LogP contribution in [-0.2, 0) is 6.42 Å². The van der Waals surface area contributed by atoms with Gasteiger partial charge in [-0.2, -0.15) is 0 Å². The predicted octanol–water partition coefficient (Wildman–Crippen LogP) is 5.50. The lowest BCUT2D eigenvalue weighted by Crippen LogP contribution is -2.10. The molecule has 0 aliphatic carbocycles. The molecule has 0 unspecified atom stereocenters. The van der Waals surface area contributed by atoms with Gasteiger partial charge in [-0.3, -0.25) is 0 Å². The highest BCUT2D eigenvalue weighted by Crippen LogP contribution is 2.25. The third-order valence-corrected chi connectivity index (χ3v) is 4.18. The van der Waals surface area contributed by atoms with Crippen molar-refractivity contribution in [2.24, 2.45) is 0 Å². The van der Waals surface area contributed by atoms with E-state index in [9.17, 15) is 8.78 Å². The van der Waals surface area contributed by atoms with E-state index < -0.39 is 6.43 Å². The SMILES string of the molecule is FC(F)c1cc(-c2ccc(Br)cc2)nc(NCCc2ccccc2)n1. The van der Waals surface area contributed by atoms with Crippen molar-refractivity contribution in [1.82, 2.24) is 9.97 Å². The molecule has 0 radical (unpaired) electrons. The van der Waals surface area contributed by atoms with Gasteiger partial charge in [-0.15, -0.1) is 0 Å². The highest BCUT2D eigenvalue weighted by Gasteiger charge is 2.14. The summed E-state index contributed by atoms with van der Waals surface area (Å²) in [4.78, 5) is 8.30. The largest absolute Gasteiger partial charge is 0.354 e. The summed E-state index contributed by atoms with van der Waals surface area (Å²) in [6.07, 6.45) is -1.89. The Kier molecular flexibility index (Phi) is 5.71. The summed E-state index contributed by atoms with van der Waals surface area (Å²) in [5.74, 6) is 0.214. The zero-order chi connectivity index (χ0) is 17.6. The highest BCUT2D eigenvalue weighted by atomic mass is 79.9. The monoisotopic (exact) mass is 403 g/mol. The lowest BCUT2D eigenvalue weighted by atomic mass is 10.1. The van der Waals surface area contributed by atoms with Gasteiger partial charge in [0, 0.05) is 16.6 Å². The Morgan fingerprint density at radius 3 is 2.36 bits per heavy atom. The Hall–Kier alpha value is -2.34. The van der Waals surface area contributed by atoms with E-state index in [2.05, 4.69) is 31.2 Å². The summed E-state index contributed by atoms with van der Waals surface area (Å²) < 4.78 is 27.3.